The third kappa shape index (κ3) is 5.19. The first-order valence-corrected chi connectivity index (χ1v) is 11.7. The fourth-order valence-corrected chi connectivity index (χ4v) is 4.28. The SMILES string of the molecule is CCCN(CCN1CCOCC1)C(=O)Cc1c(-c2ccc(C)cc2)nc2ccc(C)cn12. The van der Waals surface area contributed by atoms with E-state index in [2.05, 4.69) is 66.6 Å². The molecule has 0 N–H and O–H groups in total. The Morgan fingerprint density at radius 3 is 2.47 bits per heavy atom. The molecule has 32 heavy (non-hydrogen) atoms. The van der Waals surface area contributed by atoms with Crippen LogP contribution in [-0.2, 0) is 16.0 Å². The van der Waals surface area contributed by atoms with Crippen LogP contribution in [0.3, 0.4) is 0 Å². The Balaban J connectivity index is 1.60. The molecule has 170 valence electrons. The molecule has 0 spiro atoms. The van der Waals surface area contributed by atoms with Crippen LogP contribution in [0, 0.1) is 13.8 Å². The molecule has 0 saturated carbocycles. The number of benzene rings is 1. The molecule has 1 fully saturated rings. The molecule has 4 rings (SSSR count). The van der Waals surface area contributed by atoms with Crippen molar-refractivity contribution in [1.82, 2.24) is 19.2 Å². The van der Waals surface area contributed by atoms with Gasteiger partial charge in [-0.1, -0.05) is 42.8 Å². The van der Waals surface area contributed by atoms with Crippen molar-refractivity contribution in [2.45, 2.75) is 33.6 Å². The molecule has 3 heterocycles. The predicted molar refractivity (Wildman–Crippen MR) is 128 cm³/mol. The minimum Gasteiger partial charge on any atom is -0.379 e. The second-order valence-electron chi connectivity index (χ2n) is 8.72. The number of rotatable bonds is 8. The van der Waals surface area contributed by atoms with Gasteiger partial charge in [-0.15, -0.1) is 0 Å². The molecule has 0 bridgehead atoms. The number of fused-ring (bicyclic) bond motifs is 1. The Kier molecular flexibility index (Phi) is 7.22. The Labute approximate surface area is 190 Å². The second kappa shape index (κ2) is 10.3. The average Bonchev–Trinajstić information content (AvgIpc) is 3.15. The van der Waals surface area contributed by atoms with Crippen LogP contribution in [-0.4, -0.2) is 71.0 Å². The van der Waals surface area contributed by atoms with E-state index < -0.39 is 0 Å². The summed E-state index contributed by atoms with van der Waals surface area (Å²) in [6.07, 6.45) is 3.38. The van der Waals surface area contributed by atoms with E-state index in [0.29, 0.717) is 6.42 Å². The first-order chi connectivity index (χ1) is 15.5. The minimum atomic E-state index is 0.164. The molecule has 1 aliphatic rings. The summed E-state index contributed by atoms with van der Waals surface area (Å²) >= 11 is 0. The highest BCUT2D eigenvalue weighted by atomic mass is 16.5. The molecule has 3 aromatic rings. The van der Waals surface area contributed by atoms with Gasteiger partial charge in [0, 0.05) is 44.5 Å². The molecule has 6 heteroatoms. The largest absolute Gasteiger partial charge is 0.379 e. The van der Waals surface area contributed by atoms with Gasteiger partial charge in [-0.05, 0) is 31.9 Å². The number of hydrogen-bond donors (Lipinski definition) is 0. The summed E-state index contributed by atoms with van der Waals surface area (Å²) in [5, 5.41) is 0. The van der Waals surface area contributed by atoms with E-state index in [1.165, 1.54) is 5.56 Å². The summed E-state index contributed by atoms with van der Waals surface area (Å²) in [5.41, 5.74) is 6.15. The monoisotopic (exact) mass is 434 g/mol. The molecule has 0 atom stereocenters. The first-order valence-electron chi connectivity index (χ1n) is 11.7. The van der Waals surface area contributed by atoms with E-state index in [9.17, 15) is 4.79 Å². The zero-order valence-corrected chi connectivity index (χ0v) is 19.5. The lowest BCUT2D eigenvalue weighted by Gasteiger charge is -2.30. The zero-order chi connectivity index (χ0) is 22.5. The summed E-state index contributed by atoms with van der Waals surface area (Å²) in [6, 6.07) is 12.5. The maximum atomic E-state index is 13.5. The number of carbonyl (C=O) groups is 1. The minimum absolute atomic E-state index is 0.164. The van der Waals surface area contributed by atoms with E-state index in [1.807, 2.05) is 11.0 Å². The molecular weight excluding hydrogens is 400 g/mol. The summed E-state index contributed by atoms with van der Waals surface area (Å²) in [6.45, 7) is 12.2. The Hall–Kier alpha value is -2.70. The summed E-state index contributed by atoms with van der Waals surface area (Å²) in [7, 11) is 0. The topological polar surface area (TPSA) is 50.1 Å². The Morgan fingerprint density at radius 1 is 1.03 bits per heavy atom. The highest BCUT2D eigenvalue weighted by Crippen LogP contribution is 2.26. The molecule has 1 aromatic carbocycles. The van der Waals surface area contributed by atoms with Gasteiger partial charge in [0.15, 0.2) is 0 Å². The van der Waals surface area contributed by atoms with Crippen molar-refractivity contribution in [2.24, 2.45) is 0 Å². The van der Waals surface area contributed by atoms with Crippen LogP contribution in [0.25, 0.3) is 16.9 Å². The highest BCUT2D eigenvalue weighted by Gasteiger charge is 2.21. The van der Waals surface area contributed by atoms with Crippen molar-refractivity contribution >= 4 is 11.6 Å². The van der Waals surface area contributed by atoms with Crippen LogP contribution in [0.5, 0.6) is 0 Å². The van der Waals surface area contributed by atoms with Crippen LogP contribution < -0.4 is 0 Å². The van der Waals surface area contributed by atoms with E-state index in [4.69, 9.17) is 9.72 Å². The summed E-state index contributed by atoms with van der Waals surface area (Å²) in [4.78, 5) is 22.8. The number of imidazole rings is 1. The average molecular weight is 435 g/mol. The number of pyridine rings is 1. The first kappa shape index (κ1) is 22.5. The smallest absolute Gasteiger partial charge is 0.228 e. The van der Waals surface area contributed by atoms with Crippen LogP contribution in [0.1, 0.15) is 30.2 Å². The van der Waals surface area contributed by atoms with Gasteiger partial charge in [0.2, 0.25) is 5.91 Å². The van der Waals surface area contributed by atoms with Crippen molar-refractivity contribution in [1.29, 1.82) is 0 Å². The molecule has 1 amide bonds. The molecule has 1 aliphatic heterocycles. The van der Waals surface area contributed by atoms with Gasteiger partial charge in [0.05, 0.1) is 31.0 Å². The van der Waals surface area contributed by atoms with E-state index in [-0.39, 0.29) is 5.91 Å². The number of hydrogen-bond acceptors (Lipinski definition) is 4. The van der Waals surface area contributed by atoms with Crippen molar-refractivity contribution < 1.29 is 9.53 Å². The highest BCUT2D eigenvalue weighted by molar-refractivity contribution is 5.81. The molecule has 0 radical (unpaired) electrons. The summed E-state index contributed by atoms with van der Waals surface area (Å²) in [5.74, 6) is 0.164. The van der Waals surface area contributed by atoms with Crippen LogP contribution in [0.15, 0.2) is 42.6 Å². The second-order valence-corrected chi connectivity index (χ2v) is 8.72. The van der Waals surface area contributed by atoms with Crippen LogP contribution >= 0.6 is 0 Å². The normalized spacial score (nSPS) is 14.7. The number of aromatic nitrogens is 2. The van der Waals surface area contributed by atoms with Crippen LogP contribution in [0.4, 0.5) is 0 Å². The quantitative estimate of drug-likeness (QED) is 0.542. The predicted octanol–water partition coefficient (Wildman–Crippen LogP) is 3.73. The zero-order valence-electron chi connectivity index (χ0n) is 19.5. The van der Waals surface area contributed by atoms with Gasteiger partial charge >= 0.3 is 0 Å². The standard InChI is InChI=1S/C26H34N4O2/c1-4-11-29(13-12-28-14-16-32-17-15-28)25(31)18-23-26(22-8-5-20(2)6-9-22)27-24-10-7-21(3)19-30(23)24/h5-10,19H,4,11-18H2,1-3H3. The van der Waals surface area contributed by atoms with Gasteiger partial charge in [-0.3, -0.25) is 9.69 Å². The molecule has 1 saturated heterocycles. The number of nitrogens with zero attached hydrogens (tertiary/aromatic N) is 4. The van der Waals surface area contributed by atoms with Gasteiger partial charge in [-0.2, -0.15) is 0 Å². The Morgan fingerprint density at radius 2 is 1.75 bits per heavy atom. The van der Waals surface area contributed by atoms with Gasteiger partial charge in [0.1, 0.15) is 5.65 Å². The number of ether oxygens (including phenoxy) is 1. The van der Waals surface area contributed by atoms with Crippen molar-refractivity contribution in [2.75, 3.05) is 45.9 Å². The van der Waals surface area contributed by atoms with E-state index in [0.717, 1.165) is 80.5 Å². The van der Waals surface area contributed by atoms with Gasteiger partial charge in [-0.25, -0.2) is 4.98 Å². The molecule has 6 nitrogen and oxygen atoms in total. The fourth-order valence-electron chi connectivity index (χ4n) is 4.28. The lowest BCUT2D eigenvalue weighted by Crippen LogP contribution is -2.43. The molecule has 0 aliphatic carbocycles. The summed E-state index contributed by atoms with van der Waals surface area (Å²) < 4.78 is 7.54. The molecule has 0 unspecified atom stereocenters. The van der Waals surface area contributed by atoms with Gasteiger partial charge < -0.3 is 14.0 Å². The molecular formula is C26H34N4O2. The van der Waals surface area contributed by atoms with E-state index in [1.54, 1.807) is 0 Å². The number of carbonyl (C=O) groups excluding carboxylic acids is 1. The lowest BCUT2D eigenvalue weighted by atomic mass is 10.1. The van der Waals surface area contributed by atoms with Crippen molar-refractivity contribution in [3.63, 3.8) is 0 Å². The molecule has 2 aromatic heterocycles. The fraction of sp³-hybridized carbons (Fsp3) is 0.462. The third-order valence-electron chi connectivity index (χ3n) is 6.15. The Bertz CT molecular complexity index is 1050. The van der Waals surface area contributed by atoms with E-state index >= 15 is 0 Å². The number of aryl methyl sites for hydroxylation is 2. The number of morpholine rings is 1. The maximum Gasteiger partial charge on any atom is 0.228 e. The number of amides is 1. The van der Waals surface area contributed by atoms with Crippen LogP contribution in [0.2, 0.25) is 0 Å². The van der Waals surface area contributed by atoms with Crippen molar-refractivity contribution in [3.05, 3.63) is 59.4 Å². The lowest BCUT2D eigenvalue weighted by molar-refractivity contribution is -0.131. The van der Waals surface area contributed by atoms with Gasteiger partial charge in [0.25, 0.3) is 0 Å². The van der Waals surface area contributed by atoms with Crippen molar-refractivity contribution in [3.8, 4) is 11.3 Å². The maximum absolute atomic E-state index is 13.5. The third-order valence-corrected chi connectivity index (χ3v) is 6.15.